The molecule has 4 N–H and O–H groups in total. The van der Waals surface area contributed by atoms with Crippen LogP contribution in [-0.4, -0.2) is 39.3 Å². The van der Waals surface area contributed by atoms with Crippen molar-refractivity contribution in [2.45, 2.75) is 31.8 Å². The average molecular weight is 316 g/mol. The first-order valence-electron chi connectivity index (χ1n) is 6.23. The highest BCUT2D eigenvalue weighted by molar-refractivity contribution is 7.89. The van der Waals surface area contributed by atoms with E-state index >= 15 is 0 Å². The Hall–Kier alpha value is -1.64. The largest absolute Gasteiger partial charge is 0.467 e. The third-order valence-corrected chi connectivity index (χ3v) is 4.88. The number of aryl methyl sites for hydroxylation is 2. The first-order valence-corrected chi connectivity index (χ1v) is 7.72. The van der Waals surface area contributed by atoms with Gasteiger partial charge < -0.3 is 15.6 Å². The van der Waals surface area contributed by atoms with Crippen molar-refractivity contribution in [1.29, 1.82) is 0 Å². The maximum absolute atomic E-state index is 12.3. The van der Waals surface area contributed by atoms with Gasteiger partial charge in [-0.25, -0.2) is 17.9 Å². The molecule has 8 heteroatoms. The van der Waals surface area contributed by atoms with Crippen LogP contribution in [0.5, 0.6) is 0 Å². The molecular formula is C13H20N2O5S. The Morgan fingerprint density at radius 3 is 2.48 bits per heavy atom. The predicted molar refractivity (Wildman–Crippen MR) is 78.3 cm³/mol. The van der Waals surface area contributed by atoms with Crippen LogP contribution in [0, 0.1) is 20.8 Å². The first kappa shape index (κ1) is 17.4. The van der Waals surface area contributed by atoms with E-state index in [0.717, 1.165) is 12.7 Å². The summed E-state index contributed by atoms with van der Waals surface area (Å²) < 4.78 is 31.2. The number of hydrogen-bond donors (Lipinski definition) is 3. The van der Waals surface area contributed by atoms with Crippen LogP contribution in [0.15, 0.2) is 11.0 Å². The van der Waals surface area contributed by atoms with Gasteiger partial charge in [0.1, 0.15) is 0 Å². The molecule has 0 heterocycles. The number of nitrogens with two attached hydrogens (primary N) is 1. The Morgan fingerprint density at radius 1 is 1.38 bits per heavy atom. The number of hydrogen-bond acceptors (Lipinski definition) is 6. The number of aliphatic hydroxyl groups excluding tert-OH is 1. The lowest BCUT2D eigenvalue weighted by atomic mass is 10.1. The monoisotopic (exact) mass is 316 g/mol. The topological polar surface area (TPSA) is 119 Å². The molecule has 0 aromatic heterocycles. The molecule has 1 rings (SSSR count). The van der Waals surface area contributed by atoms with E-state index in [1.807, 2.05) is 0 Å². The third kappa shape index (κ3) is 3.72. The number of anilines is 1. The lowest BCUT2D eigenvalue weighted by molar-refractivity contribution is -0.149. The van der Waals surface area contributed by atoms with Gasteiger partial charge in [-0.05, 0) is 37.5 Å². The van der Waals surface area contributed by atoms with E-state index in [0.29, 0.717) is 16.8 Å². The summed E-state index contributed by atoms with van der Waals surface area (Å²) >= 11 is 0. The number of aliphatic hydroxyl groups is 1. The zero-order valence-corrected chi connectivity index (χ0v) is 13.2. The summed E-state index contributed by atoms with van der Waals surface area (Å²) in [6.45, 7) is 4.59. The molecule has 0 aliphatic carbocycles. The minimum Gasteiger partial charge on any atom is -0.467 e. The summed E-state index contributed by atoms with van der Waals surface area (Å²) in [5.74, 6) is -0.908. The Morgan fingerprint density at radius 2 is 1.95 bits per heavy atom. The average Bonchev–Trinajstić information content (AvgIpc) is 2.41. The summed E-state index contributed by atoms with van der Waals surface area (Å²) in [6, 6.07) is 1.67. The molecule has 0 saturated heterocycles. The third-order valence-electron chi connectivity index (χ3n) is 3.17. The lowest BCUT2D eigenvalue weighted by Crippen LogP contribution is -2.37. The minimum atomic E-state index is -3.90. The number of sulfonamides is 1. The van der Waals surface area contributed by atoms with Gasteiger partial charge >= 0.3 is 5.97 Å². The van der Waals surface area contributed by atoms with Gasteiger partial charge in [0.15, 0.2) is 6.10 Å². The van der Waals surface area contributed by atoms with Gasteiger partial charge in [0.05, 0.1) is 12.0 Å². The number of nitrogens with one attached hydrogen (secondary N) is 1. The summed E-state index contributed by atoms with van der Waals surface area (Å²) in [4.78, 5) is 11.1. The number of carbonyl (C=O) groups is 1. The molecule has 118 valence electrons. The molecule has 0 aliphatic rings. The minimum absolute atomic E-state index is 0.0580. The standard InChI is InChI=1S/C13H20N2O5S/c1-7-5-8(2)12(9(3)11(7)14)21(18,19)15-6-10(16)13(17)20-4/h5,10,15-16H,6,14H2,1-4H3. The van der Waals surface area contributed by atoms with E-state index in [9.17, 15) is 18.3 Å². The van der Waals surface area contributed by atoms with Crippen LogP contribution in [0.3, 0.4) is 0 Å². The highest BCUT2D eigenvalue weighted by atomic mass is 32.2. The van der Waals surface area contributed by atoms with Crippen molar-refractivity contribution in [3.05, 3.63) is 22.8 Å². The van der Waals surface area contributed by atoms with E-state index < -0.39 is 28.6 Å². The quantitative estimate of drug-likeness (QED) is 0.520. The molecule has 21 heavy (non-hydrogen) atoms. The van der Waals surface area contributed by atoms with Crippen LogP contribution in [0.25, 0.3) is 0 Å². The van der Waals surface area contributed by atoms with Gasteiger partial charge in [0.2, 0.25) is 10.0 Å². The summed E-state index contributed by atoms with van der Waals surface area (Å²) in [5, 5.41) is 9.44. The summed E-state index contributed by atoms with van der Waals surface area (Å²) in [5.41, 5.74) is 8.02. The molecule has 7 nitrogen and oxygen atoms in total. The van der Waals surface area contributed by atoms with Gasteiger partial charge in [0, 0.05) is 12.2 Å². The lowest BCUT2D eigenvalue weighted by Gasteiger charge is -2.16. The maximum atomic E-state index is 12.3. The number of benzene rings is 1. The molecule has 0 radical (unpaired) electrons. The van der Waals surface area contributed by atoms with Crippen molar-refractivity contribution >= 4 is 21.7 Å². The SMILES string of the molecule is COC(=O)C(O)CNS(=O)(=O)c1c(C)cc(C)c(N)c1C. The number of rotatable bonds is 5. The first-order chi connectivity index (χ1) is 9.61. The second-order valence-electron chi connectivity index (χ2n) is 4.77. The number of ether oxygens (including phenoxy) is 1. The fraction of sp³-hybridized carbons (Fsp3) is 0.462. The van der Waals surface area contributed by atoms with Crippen LogP contribution >= 0.6 is 0 Å². The van der Waals surface area contributed by atoms with Crippen molar-refractivity contribution < 1.29 is 23.1 Å². The second-order valence-corrected chi connectivity index (χ2v) is 6.47. The molecule has 0 saturated carbocycles. The zero-order valence-electron chi connectivity index (χ0n) is 12.4. The number of esters is 1. The molecular weight excluding hydrogens is 296 g/mol. The molecule has 1 atom stereocenters. The zero-order chi connectivity index (χ0) is 16.4. The maximum Gasteiger partial charge on any atom is 0.336 e. The van der Waals surface area contributed by atoms with E-state index in [1.165, 1.54) is 0 Å². The van der Waals surface area contributed by atoms with Crippen LogP contribution in [-0.2, 0) is 19.6 Å². The molecule has 1 unspecified atom stereocenters. The molecule has 0 amide bonds. The van der Waals surface area contributed by atoms with Gasteiger partial charge in [0.25, 0.3) is 0 Å². The molecule has 0 fully saturated rings. The van der Waals surface area contributed by atoms with E-state index in [2.05, 4.69) is 9.46 Å². The number of methoxy groups -OCH3 is 1. The Bertz CT molecular complexity index is 655. The molecule has 0 aliphatic heterocycles. The van der Waals surface area contributed by atoms with Crippen molar-refractivity contribution in [3.63, 3.8) is 0 Å². The molecule has 1 aromatic carbocycles. The Kier molecular flexibility index (Phi) is 5.32. The summed E-state index contributed by atoms with van der Waals surface area (Å²) in [6.07, 6.45) is -1.56. The van der Waals surface area contributed by atoms with Crippen LogP contribution in [0.1, 0.15) is 16.7 Å². The van der Waals surface area contributed by atoms with Crippen molar-refractivity contribution in [3.8, 4) is 0 Å². The molecule has 1 aromatic rings. The van der Waals surface area contributed by atoms with Gasteiger partial charge in [-0.3, -0.25) is 0 Å². The normalized spacial score (nSPS) is 13.0. The fourth-order valence-corrected chi connectivity index (χ4v) is 3.59. The van der Waals surface area contributed by atoms with Crippen molar-refractivity contribution in [2.75, 3.05) is 19.4 Å². The summed E-state index contributed by atoms with van der Waals surface area (Å²) in [7, 11) is -2.79. The van der Waals surface area contributed by atoms with Crippen LogP contribution in [0.2, 0.25) is 0 Å². The van der Waals surface area contributed by atoms with E-state index in [4.69, 9.17) is 5.73 Å². The fourth-order valence-electron chi connectivity index (χ4n) is 2.08. The van der Waals surface area contributed by atoms with Gasteiger partial charge in [-0.15, -0.1) is 0 Å². The van der Waals surface area contributed by atoms with Crippen molar-refractivity contribution in [1.82, 2.24) is 4.72 Å². The smallest absolute Gasteiger partial charge is 0.336 e. The molecule has 0 bridgehead atoms. The van der Waals surface area contributed by atoms with E-state index in [-0.39, 0.29) is 4.90 Å². The highest BCUT2D eigenvalue weighted by Gasteiger charge is 2.24. The Labute approximate surface area is 124 Å². The van der Waals surface area contributed by atoms with Gasteiger partial charge in [-0.2, -0.15) is 0 Å². The van der Waals surface area contributed by atoms with Crippen LogP contribution < -0.4 is 10.5 Å². The number of nitrogen functional groups attached to an aromatic ring is 1. The van der Waals surface area contributed by atoms with Crippen molar-refractivity contribution in [2.24, 2.45) is 0 Å². The second kappa shape index (κ2) is 6.42. The molecule has 0 spiro atoms. The van der Waals surface area contributed by atoms with E-state index in [1.54, 1.807) is 26.8 Å². The number of carbonyl (C=O) groups excluding carboxylic acids is 1. The van der Waals surface area contributed by atoms with Gasteiger partial charge in [-0.1, -0.05) is 6.07 Å². The Balaban J connectivity index is 3.10. The van der Waals surface area contributed by atoms with Crippen LogP contribution in [0.4, 0.5) is 5.69 Å². The predicted octanol–water partition coefficient (Wildman–Crippen LogP) is 0.00626. The highest BCUT2D eigenvalue weighted by Crippen LogP contribution is 2.27.